The summed E-state index contributed by atoms with van der Waals surface area (Å²) in [5.41, 5.74) is 1.09. The largest absolute Gasteiger partial charge is 0.468 e. The number of carbonyl (C=O) groups is 1. The molecule has 106 valence electrons. The Balaban J connectivity index is 2.74. The van der Waals surface area contributed by atoms with Gasteiger partial charge in [0.15, 0.2) is 0 Å². The summed E-state index contributed by atoms with van der Waals surface area (Å²) >= 11 is 0. The summed E-state index contributed by atoms with van der Waals surface area (Å²) in [6.07, 6.45) is 0.585. The molecule has 0 fully saturated rings. The molecule has 1 N–H and O–H groups in total. The van der Waals surface area contributed by atoms with Crippen LogP contribution in [0.25, 0.3) is 0 Å². The van der Waals surface area contributed by atoms with Crippen molar-refractivity contribution in [1.82, 2.24) is 5.32 Å². The lowest BCUT2D eigenvalue weighted by Crippen LogP contribution is -2.45. The first-order chi connectivity index (χ1) is 9.13. The molecule has 1 rings (SSSR count). The van der Waals surface area contributed by atoms with Gasteiger partial charge in [-0.1, -0.05) is 37.3 Å². The zero-order chi connectivity index (χ0) is 14.3. The van der Waals surface area contributed by atoms with Gasteiger partial charge in [-0.15, -0.1) is 0 Å². The molecule has 0 radical (unpaired) electrons. The molecule has 0 amide bonds. The van der Waals surface area contributed by atoms with Crippen molar-refractivity contribution in [3.8, 4) is 0 Å². The fourth-order valence-corrected chi connectivity index (χ4v) is 2.17. The highest BCUT2D eigenvalue weighted by molar-refractivity contribution is 5.75. The summed E-state index contributed by atoms with van der Waals surface area (Å²) in [5, 5.41) is 3.27. The highest BCUT2D eigenvalue weighted by Crippen LogP contribution is 2.20. The predicted molar refractivity (Wildman–Crippen MR) is 74.9 cm³/mol. The monoisotopic (exact) mass is 265 g/mol. The lowest BCUT2D eigenvalue weighted by atomic mass is 10.0. The first kappa shape index (κ1) is 15.7. The molecule has 0 saturated heterocycles. The Morgan fingerprint density at radius 2 is 1.89 bits per heavy atom. The van der Waals surface area contributed by atoms with E-state index in [4.69, 9.17) is 9.47 Å². The third-order valence-corrected chi connectivity index (χ3v) is 3.19. The second kappa shape index (κ2) is 7.92. The standard InChI is InChI=1S/C15H23NO3/c1-5-13(15(17)19-4)16-11(2)14(18-3)12-9-7-6-8-10-12/h6-11,13-14,16H,5H2,1-4H3/t11-,13-,14-/m1/s1. The van der Waals surface area contributed by atoms with E-state index in [2.05, 4.69) is 5.32 Å². The van der Waals surface area contributed by atoms with E-state index < -0.39 is 0 Å². The van der Waals surface area contributed by atoms with Crippen molar-refractivity contribution < 1.29 is 14.3 Å². The molecular formula is C15H23NO3. The third-order valence-electron chi connectivity index (χ3n) is 3.19. The molecule has 0 unspecified atom stereocenters. The fourth-order valence-electron chi connectivity index (χ4n) is 2.17. The van der Waals surface area contributed by atoms with Crippen LogP contribution in [0.5, 0.6) is 0 Å². The number of methoxy groups -OCH3 is 2. The number of esters is 1. The summed E-state index contributed by atoms with van der Waals surface area (Å²) in [4.78, 5) is 11.6. The van der Waals surface area contributed by atoms with E-state index in [0.29, 0.717) is 6.42 Å². The molecule has 0 spiro atoms. The van der Waals surface area contributed by atoms with Gasteiger partial charge in [0, 0.05) is 13.2 Å². The molecule has 19 heavy (non-hydrogen) atoms. The number of nitrogens with one attached hydrogen (secondary N) is 1. The van der Waals surface area contributed by atoms with Gasteiger partial charge < -0.3 is 9.47 Å². The van der Waals surface area contributed by atoms with Crippen molar-refractivity contribution in [3.63, 3.8) is 0 Å². The van der Waals surface area contributed by atoms with Crippen LogP contribution in [0.4, 0.5) is 0 Å². The van der Waals surface area contributed by atoms with E-state index in [1.54, 1.807) is 7.11 Å². The highest BCUT2D eigenvalue weighted by Gasteiger charge is 2.24. The molecule has 0 heterocycles. The Kier molecular flexibility index (Phi) is 6.53. The van der Waals surface area contributed by atoms with E-state index in [1.807, 2.05) is 44.2 Å². The van der Waals surface area contributed by atoms with Crippen molar-refractivity contribution in [2.75, 3.05) is 14.2 Å². The van der Waals surface area contributed by atoms with Crippen LogP contribution in [0.1, 0.15) is 31.9 Å². The number of ether oxygens (including phenoxy) is 2. The van der Waals surface area contributed by atoms with E-state index in [-0.39, 0.29) is 24.2 Å². The second-order valence-corrected chi connectivity index (χ2v) is 4.51. The minimum Gasteiger partial charge on any atom is -0.468 e. The molecule has 1 aromatic carbocycles. The van der Waals surface area contributed by atoms with Crippen molar-refractivity contribution >= 4 is 5.97 Å². The lowest BCUT2D eigenvalue weighted by Gasteiger charge is -2.27. The van der Waals surface area contributed by atoms with E-state index in [1.165, 1.54) is 7.11 Å². The van der Waals surface area contributed by atoms with Crippen LogP contribution in [-0.2, 0) is 14.3 Å². The molecule has 0 aliphatic carbocycles. The first-order valence-electron chi connectivity index (χ1n) is 6.55. The zero-order valence-corrected chi connectivity index (χ0v) is 12.1. The van der Waals surface area contributed by atoms with Gasteiger partial charge in [0.05, 0.1) is 13.2 Å². The van der Waals surface area contributed by atoms with E-state index in [0.717, 1.165) is 5.56 Å². The molecule has 0 bridgehead atoms. The van der Waals surface area contributed by atoms with Gasteiger partial charge >= 0.3 is 5.97 Å². The van der Waals surface area contributed by atoms with Gasteiger partial charge in [0.2, 0.25) is 0 Å². The molecule has 4 nitrogen and oxygen atoms in total. The topological polar surface area (TPSA) is 47.6 Å². The molecule has 4 heteroatoms. The van der Waals surface area contributed by atoms with Gasteiger partial charge in [0.25, 0.3) is 0 Å². The van der Waals surface area contributed by atoms with Gasteiger partial charge in [0.1, 0.15) is 6.04 Å². The Hall–Kier alpha value is -1.39. The van der Waals surface area contributed by atoms with Crippen LogP contribution in [0, 0.1) is 0 Å². The quantitative estimate of drug-likeness (QED) is 0.769. The van der Waals surface area contributed by atoms with Crippen LogP contribution < -0.4 is 5.32 Å². The molecule has 1 aromatic rings. The first-order valence-corrected chi connectivity index (χ1v) is 6.55. The highest BCUT2D eigenvalue weighted by atomic mass is 16.5. The van der Waals surface area contributed by atoms with Gasteiger partial charge in [-0.3, -0.25) is 10.1 Å². The maximum absolute atomic E-state index is 11.6. The zero-order valence-electron chi connectivity index (χ0n) is 12.1. The maximum atomic E-state index is 11.6. The Labute approximate surface area is 115 Å². The van der Waals surface area contributed by atoms with Crippen LogP contribution in [0.3, 0.4) is 0 Å². The van der Waals surface area contributed by atoms with Crippen molar-refractivity contribution in [1.29, 1.82) is 0 Å². The van der Waals surface area contributed by atoms with Crippen LogP contribution >= 0.6 is 0 Å². The predicted octanol–water partition coefficient (Wildman–Crippen LogP) is 2.30. The average molecular weight is 265 g/mol. The summed E-state index contributed by atoms with van der Waals surface area (Å²) in [5.74, 6) is -0.239. The van der Waals surface area contributed by atoms with E-state index in [9.17, 15) is 4.79 Å². The SMILES string of the molecule is CC[C@@H](N[C@H](C)[C@@H](OC)c1ccccc1)C(=O)OC. The van der Waals surface area contributed by atoms with E-state index >= 15 is 0 Å². The van der Waals surface area contributed by atoms with Gasteiger partial charge in [-0.2, -0.15) is 0 Å². The third kappa shape index (κ3) is 4.33. The number of hydrogen-bond donors (Lipinski definition) is 1. The van der Waals surface area contributed by atoms with Crippen LogP contribution in [-0.4, -0.2) is 32.3 Å². The van der Waals surface area contributed by atoms with Crippen molar-refractivity contribution in [2.45, 2.75) is 38.5 Å². The fraction of sp³-hybridized carbons (Fsp3) is 0.533. The van der Waals surface area contributed by atoms with Crippen LogP contribution in [0.15, 0.2) is 30.3 Å². The Morgan fingerprint density at radius 1 is 1.26 bits per heavy atom. The number of hydrogen-bond acceptors (Lipinski definition) is 4. The average Bonchev–Trinajstić information content (AvgIpc) is 2.45. The number of benzene rings is 1. The Bertz CT molecular complexity index is 380. The lowest BCUT2D eigenvalue weighted by molar-refractivity contribution is -0.143. The summed E-state index contributed by atoms with van der Waals surface area (Å²) in [6.45, 7) is 3.96. The molecule has 0 aliphatic rings. The molecule has 3 atom stereocenters. The minimum absolute atomic E-state index is 0.0106. The van der Waals surface area contributed by atoms with Gasteiger partial charge in [-0.05, 0) is 18.9 Å². The summed E-state index contributed by atoms with van der Waals surface area (Å²) in [6, 6.07) is 9.67. The summed E-state index contributed by atoms with van der Waals surface area (Å²) in [7, 11) is 3.08. The maximum Gasteiger partial charge on any atom is 0.322 e. The molecule has 0 aliphatic heterocycles. The number of rotatable bonds is 7. The Morgan fingerprint density at radius 3 is 2.37 bits per heavy atom. The van der Waals surface area contributed by atoms with Crippen molar-refractivity contribution in [2.24, 2.45) is 0 Å². The molecule has 0 aromatic heterocycles. The smallest absolute Gasteiger partial charge is 0.322 e. The van der Waals surface area contributed by atoms with Gasteiger partial charge in [-0.25, -0.2) is 0 Å². The summed E-state index contributed by atoms with van der Waals surface area (Å²) < 4.78 is 10.3. The number of carbonyl (C=O) groups excluding carboxylic acids is 1. The normalized spacial score (nSPS) is 15.6. The minimum atomic E-state index is -0.304. The van der Waals surface area contributed by atoms with Crippen molar-refractivity contribution in [3.05, 3.63) is 35.9 Å². The second-order valence-electron chi connectivity index (χ2n) is 4.51. The van der Waals surface area contributed by atoms with Crippen LogP contribution in [0.2, 0.25) is 0 Å². The molecular weight excluding hydrogens is 242 g/mol. The molecule has 0 saturated carbocycles.